The molecule has 2 N–H and O–H groups in total. The third kappa shape index (κ3) is 4260. The van der Waals surface area contributed by atoms with Crippen LogP contribution in [0.3, 0.4) is 0 Å². The highest BCUT2D eigenvalue weighted by Gasteiger charge is 1.34. The van der Waals surface area contributed by atoms with Crippen LogP contribution in [0, 0.1) is 0 Å². The van der Waals surface area contributed by atoms with Crippen LogP contribution >= 0.6 is 0 Å². The van der Waals surface area contributed by atoms with Crippen LogP contribution in [0.5, 0.6) is 0 Å². The first-order chi connectivity index (χ1) is 3.33. The van der Waals surface area contributed by atoms with E-state index in [2.05, 4.69) is 4.89 Å². The van der Waals surface area contributed by atoms with Gasteiger partial charge in [0, 0.05) is 0 Å². The summed E-state index contributed by atoms with van der Waals surface area (Å²) in [5, 5.41) is 8.43. The fourth-order valence-corrected chi connectivity index (χ4v) is 0. The molecule has 0 amide bonds. The zero-order valence-corrected chi connectivity index (χ0v) is 3.62. The first-order valence-electron chi connectivity index (χ1n) is 1.05. The molecule has 0 spiro atoms. The summed E-state index contributed by atoms with van der Waals surface area (Å²) < 4.78 is 0. The second kappa shape index (κ2) is 114. The van der Waals surface area contributed by atoms with Gasteiger partial charge in [0.2, 0.25) is 0 Å². The van der Waals surface area contributed by atoms with E-state index in [1.165, 1.54) is 0 Å². The molecular weight excluding hydrogens is 144 g/mol. The maximum Gasteiger partial charge on any atom is 1.00 e. The average molecular weight is 156 g/mol. The monoisotopic (exact) mass is 156 g/mol. The van der Waals surface area contributed by atoms with Crippen molar-refractivity contribution < 1.29 is 31.4 Å². The van der Waals surface area contributed by atoms with E-state index in [9.17, 15) is 0 Å². The summed E-state index contributed by atoms with van der Waals surface area (Å²) in [6.45, 7) is -0.181. The smallest absolute Gasteiger partial charge is 0.662 e. The molecule has 0 fully saturated rings. The third-order valence-corrected chi connectivity index (χ3v) is 0.0393. The second-order valence-electron chi connectivity index (χ2n) is 0.276. The fraction of sp³-hybridized carbons (Fsp3) is 0.500. The quantitative estimate of drug-likeness (QED) is 0.258. The van der Waals surface area contributed by atoms with E-state index in [0.717, 1.165) is 0 Å². The van der Waals surface area contributed by atoms with Crippen LogP contribution < -0.4 is 5.26 Å². The number of hydrogen-bond acceptors (Lipinski definition) is 5. The molecule has 0 radical (unpaired) electrons. The molecule has 6 nitrogen and oxygen atoms in total. The van der Waals surface area contributed by atoms with Crippen molar-refractivity contribution in [2.24, 2.45) is 0 Å². The van der Waals surface area contributed by atoms with Gasteiger partial charge in [-0.15, -0.1) is 0 Å². The molecule has 0 unspecified atom stereocenters. The second-order valence-corrected chi connectivity index (χ2v) is 0.276. The molecule has 0 aromatic heterocycles. The van der Waals surface area contributed by atoms with Gasteiger partial charge in [0.1, 0.15) is 0 Å². The number of carbonyl (C=O) groups is 1. The fourth-order valence-electron chi connectivity index (χ4n) is 0. The van der Waals surface area contributed by atoms with Crippen molar-refractivity contribution in [2.45, 2.75) is 14.9 Å². The normalized spacial score (nSPS) is 2.90. The Hall–Kier alpha value is -1.23. The van der Waals surface area contributed by atoms with Crippen molar-refractivity contribution in [3.63, 3.8) is 0 Å². The van der Waals surface area contributed by atoms with E-state index in [0.29, 0.717) is 0 Å². The molecule has 6 heteroatoms. The van der Waals surface area contributed by atoms with Crippen molar-refractivity contribution in [1.82, 2.24) is 0 Å². The van der Waals surface area contributed by atoms with E-state index in [1.807, 2.05) is 0 Å². The van der Waals surface area contributed by atoms with Gasteiger partial charge < -0.3 is 15.6 Å². The van der Waals surface area contributed by atoms with E-state index in [-0.39, 0.29) is 34.4 Å². The van der Waals surface area contributed by atoms with Crippen LogP contribution in [0.4, 0.5) is 0 Å². The van der Waals surface area contributed by atoms with Crippen LogP contribution in [0.2, 0.25) is 0 Å². The summed E-state index contributed by atoms with van der Waals surface area (Å²) in [6.07, 6.45) is 0.250. The highest BCUT2D eigenvalue weighted by atomic mass is 17.1. The van der Waals surface area contributed by atoms with Crippen LogP contribution in [-0.2, 0) is 19.3 Å². The van der Waals surface area contributed by atoms with Gasteiger partial charge in [-0.05, 0) is 0 Å². The molecule has 0 saturated carbocycles. The van der Waals surface area contributed by atoms with E-state index >= 15 is 0 Å². The predicted molar refractivity (Wildman–Crippen MR) is 30.3 cm³/mol. The van der Waals surface area contributed by atoms with Crippen molar-refractivity contribution in [2.75, 3.05) is 0 Å². The predicted octanol–water partition coefficient (Wildman–Crippen LogP) is -1.59. The Morgan fingerprint density at radius 2 is 1.50 bits per heavy atom. The SMILES string of the molecule is C.C.O.O=C=O.O=CO[O-].[H+]. The largest absolute Gasteiger partial charge is 1.00 e. The van der Waals surface area contributed by atoms with Gasteiger partial charge in [0.25, 0.3) is 6.47 Å². The molecule has 0 rings (SSSR count). The van der Waals surface area contributed by atoms with Crippen LogP contribution in [0.25, 0.3) is 0 Å². The number of carbonyl (C=O) groups excluding carboxylic acids is 3. The molecule has 0 atom stereocenters. The lowest BCUT2D eigenvalue weighted by atomic mass is 11.7. The highest BCUT2D eigenvalue weighted by Crippen LogP contribution is 1.22. The summed E-state index contributed by atoms with van der Waals surface area (Å²) >= 11 is 0. The van der Waals surface area contributed by atoms with Gasteiger partial charge in [-0.3, -0.25) is 4.79 Å². The lowest BCUT2D eigenvalue weighted by molar-refractivity contribution is -0.652. The highest BCUT2D eigenvalue weighted by molar-refractivity contribution is 5.35. The first kappa shape index (κ1) is 37.3. The summed E-state index contributed by atoms with van der Waals surface area (Å²) in [7, 11) is 0. The minimum atomic E-state index is -0.181. The Morgan fingerprint density at radius 1 is 1.40 bits per heavy atom. The van der Waals surface area contributed by atoms with Gasteiger partial charge in [0.15, 0.2) is 0 Å². The van der Waals surface area contributed by atoms with Crippen LogP contribution in [0.15, 0.2) is 0 Å². The topological polar surface area (TPSA) is 115 Å². The van der Waals surface area contributed by atoms with E-state index < -0.39 is 0 Å². The van der Waals surface area contributed by atoms with E-state index in [4.69, 9.17) is 19.6 Å². The summed E-state index contributed by atoms with van der Waals surface area (Å²) in [4.78, 5) is 27.5. The Balaban J connectivity index is -0.00000000848. The van der Waals surface area contributed by atoms with Gasteiger partial charge in [-0.25, -0.2) is 0 Å². The van der Waals surface area contributed by atoms with Gasteiger partial charge in [-0.2, -0.15) is 9.59 Å². The Kier molecular flexibility index (Phi) is 423. The molecule has 64 valence electrons. The van der Waals surface area contributed by atoms with Crippen molar-refractivity contribution in [1.29, 1.82) is 0 Å². The maximum atomic E-state index is 8.64. The molecule has 0 aliphatic heterocycles. The maximum absolute atomic E-state index is 8.64. The lowest BCUT2D eigenvalue weighted by Crippen LogP contribution is -2.00. The number of hydrogen-bond donors (Lipinski definition) is 0. The molecule has 0 saturated heterocycles. The summed E-state index contributed by atoms with van der Waals surface area (Å²) in [6, 6.07) is 0. The molecule has 0 aromatic carbocycles. The van der Waals surface area contributed by atoms with Crippen LogP contribution in [0.1, 0.15) is 16.3 Å². The Labute approximate surface area is 60.1 Å². The van der Waals surface area contributed by atoms with Gasteiger partial charge in [0.05, 0.1) is 0 Å². The minimum Gasteiger partial charge on any atom is -0.662 e. The summed E-state index contributed by atoms with van der Waals surface area (Å²) in [5.74, 6) is 0. The molecule has 10 heavy (non-hydrogen) atoms. The van der Waals surface area contributed by atoms with Crippen molar-refractivity contribution in [3.05, 3.63) is 0 Å². The van der Waals surface area contributed by atoms with Crippen molar-refractivity contribution >= 4 is 12.6 Å². The lowest BCUT2D eigenvalue weighted by Gasteiger charge is -1.88. The molecule has 0 aromatic rings. The zero-order valence-electron chi connectivity index (χ0n) is 4.62. The molecule has 0 bridgehead atoms. The molecular formula is C4H12O6. The third-order valence-electron chi connectivity index (χ3n) is 0.0393. The van der Waals surface area contributed by atoms with Gasteiger partial charge >= 0.3 is 7.58 Å². The standard InChI is InChI=1S/CH2O3.CO2.2CH4.H2O/c2-1-4-3;2-1-3;;;/h1,3H;;2*1H4;1H2. The number of rotatable bonds is 1. The van der Waals surface area contributed by atoms with Gasteiger partial charge in [-0.1, -0.05) is 14.9 Å². The Bertz CT molecular complexity index is 69.0. The molecule has 0 heterocycles. The van der Waals surface area contributed by atoms with E-state index in [1.54, 1.807) is 0 Å². The first-order valence-corrected chi connectivity index (χ1v) is 1.05. The average Bonchev–Trinajstić information content (AvgIpc) is 1.69. The molecule has 0 aliphatic rings. The minimum absolute atomic E-state index is 0. The Morgan fingerprint density at radius 3 is 1.50 bits per heavy atom. The zero-order chi connectivity index (χ0) is 6.12. The summed E-state index contributed by atoms with van der Waals surface area (Å²) in [5.41, 5.74) is 0. The molecule has 0 aliphatic carbocycles. The van der Waals surface area contributed by atoms with Crippen LogP contribution in [-0.4, -0.2) is 18.1 Å². The van der Waals surface area contributed by atoms with Crippen molar-refractivity contribution in [3.8, 4) is 0 Å².